The second kappa shape index (κ2) is 7.66. The highest BCUT2D eigenvalue weighted by Crippen LogP contribution is 2.39. The zero-order valence-corrected chi connectivity index (χ0v) is 13.5. The fourth-order valence-electron chi connectivity index (χ4n) is 2.47. The number of thioether (sulfide) groups is 2. The van der Waals surface area contributed by atoms with E-state index in [4.69, 9.17) is 0 Å². The number of hydrogen-bond donors (Lipinski definition) is 1. The van der Waals surface area contributed by atoms with Crippen LogP contribution < -0.4 is 5.32 Å². The molecule has 0 amide bonds. The van der Waals surface area contributed by atoms with Gasteiger partial charge >= 0.3 is 0 Å². The van der Waals surface area contributed by atoms with Crippen LogP contribution in [0.1, 0.15) is 31.9 Å². The summed E-state index contributed by atoms with van der Waals surface area (Å²) in [5.41, 5.74) is 0.590. The summed E-state index contributed by atoms with van der Waals surface area (Å²) in [5.74, 6) is 1.28. The summed E-state index contributed by atoms with van der Waals surface area (Å²) in [4.78, 5) is 0. The van der Waals surface area contributed by atoms with Crippen LogP contribution in [0.4, 0.5) is 8.78 Å². The smallest absolute Gasteiger partial charge is 0.130 e. The molecule has 1 saturated heterocycles. The summed E-state index contributed by atoms with van der Waals surface area (Å²) in [7, 11) is 0. The lowest BCUT2D eigenvalue weighted by atomic mass is 10.0. The van der Waals surface area contributed by atoms with Gasteiger partial charge in [0.1, 0.15) is 11.6 Å². The summed E-state index contributed by atoms with van der Waals surface area (Å²) >= 11 is 3.83. The number of nitrogens with one attached hydrogen (secondary N) is 1. The lowest BCUT2D eigenvalue weighted by Crippen LogP contribution is -2.38. The van der Waals surface area contributed by atoms with Crippen LogP contribution in [0.3, 0.4) is 0 Å². The van der Waals surface area contributed by atoms with Crippen molar-refractivity contribution in [2.75, 3.05) is 18.1 Å². The van der Waals surface area contributed by atoms with Crippen molar-refractivity contribution in [1.29, 1.82) is 0 Å². The van der Waals surface area contributed by atoms with E-state index in [1.54, 1.807) is 6.07 Å². The van der Waals surface area contributed by atoms with Gasteiger partial charge in [-0.05, 0) is 19.0 Å². The first-order chi connectivity index (χ1) is 9.63. The molecule has 1 aromatic rings. The van der Waals surface area contributed by atoms with E-state index >= 15 is 0 Å². The first-order valence-corrected chi connectivity index (χ1v) is 9.14. The highest BCUT2D eigenvalue weighted by atomic mass is 32.2. The number of hydrogen-bond acceptors (Lipinski definition) is 3. The molecule has 0 saturated carbocycles. The Kier molecular flexibility index (Phi) is 6.18. The minimum absolute atomic E-state index is 0.0525. The Morgan fingerprint density at radius 3 is 2.70 bits per heavy atom. The molecular formula is C15H21F2NS2. The molecule has 0 aromatic heterocycles. The predicted octanol–water partition coefficient (Wildman–Crippen LogP) is 4.24. The fourth-order valence-corrected chi connectivity index (χ4v) is 5.41. The molecule has 1 nitrogen and oxygen atoms in total. The molecule has 112 valence electrons. The van der Waals surface area contributed by atoms with Crippen molar-refractivity contribution in [1.82, 2.24) is 5.32 Å². The Hall–Kier alpha value is -0.260. The molecule has 1 heterocycles. The molecule has 1 fully saturated rings. The van der Waals surface area contributed by atoms with E-state index in [0.29, 0.717) is 16.1 Å². The average Bonchev–Trinajstić information content (AvgIpc) is 2.42. The average molecular weight is 317 g/mol. The maximum atomic E-state index is 14.1. The lowest BCUT2D eigenvalue weighted by Gasteiger charge is -2.35. The SMILES string of the molecule is CCCNC(c1ccc(F)cc1F)C1SCCSC1C. The van der Waals surface area contributed by atoms with Gasteiger partial charge in [0.25, 0.3) is 0 Å². The third-order valence-electron chi connectivity index (χ3n) is 3.48. The highest BCUT2D eigenvalue weighted by molar-refractivity contribution is 8.07. The van der Waals surface area contributed by atoms with E-state index in [2.05, 4.69) is 19.2 Å². The Morgan fingerprint density at radius 2 is 2.05 bits per heavy atom. The normalized spacial score (nSPS) is 24.6. The summed E-state index contributed by atoms with van der Waals surface area (Å²) in [5, 5.41) is 4.23. The van der Waals surface area contributed by atoms with Gasteiger partial charge in [-0.1, -0.05) is 19.9 Å². The van der Waals surface area contributed by atoms with E-state index < -0.39 is 11.6 Å². The molecule has 3 unspecified atom stereocenters. The van der Waals surface area contributed by atoms with E-state index in [9.17, 15) is 8.78 Å². The summed E-state index contributed by atoms with van der Waals surface area (Å²) < 4.78 is 27.2. The van der Waals surface area contributed by atoms with Crippen LogP contribution in [0, 0.1) is 11.6 Å². The van der Waals surface area contributed by atoms with Gasteiger partial charge < -0.3 is 5.32 Å². The first-order valence-electron chi connectivity index (χ1n) is 7.05. The maximum Gasteiger partial charge on any atom is 0.130 e. The molecule has 3 atom stereocenters. The van der Waals surface area contributed by atoms with Gasteiger partial charge in [0.15, 0.2) is 0 Å². The topological polar surface area (TPSA) is 12.0 Å². The van der Waals surface area contributed by atoms with Crippen molar-refractivity contribution in [3.05, 3.63) is 35.4 Å². The largest absolute Gasteiger partial charge is 0.309 e. The molecule has 1 N–H and O–H groups in total. The Balaban J connectivity index is 2.25. The third kappa shape index (κ3) is 3.89. The molecule has 0 aliphatic carbocycles. The van der Waals surface area contributed by atoms with E-state index in [-0.39, 0.29) is 6.04 Å². The second-order valence-electron chi connectivity index (χ2n) is 5.01. The second-order valence-corrected chi connectivity index (χ2v) is 7.78. The number of halogens is 2. The van der Waals surface area contributed by atoms with Gasteiger partial charge in [0.2, 0.25) is 0 Å². The first kappa shape index (κ1) is 16.1. The van der Waals surface area contributed by atoms with Crippen molar-refractivity contribution >= 4 is 23.5 Å². The zero-order chi connectivity index (χ0) is 14.5. The highest BCUT2D eigenvalue weighted by Gasteiger charge is 2.32. The van der Waals surface area contributed by atoms with Gasteiger partial charge in [-0.15, -0.1) is 0 Å². The number of benzene rings is 1. The van der Waals surface area contributed by atoms with E-state index in [1.165, 1.54) is 6.07 Å². The van der Waals surface area contributed by atoms with Gasteiger partial charge in [-0.3, -0.25) is 0 Å². The van der Waals surface area contributed by atoms with Gasteiger partial charge in [-0.25, -0.2) is 8.78 Å². The minimum atomic E-state index is -0.515. The Labute approximate surface area is 128 Å². The molecule has 2 rings (SSSR count). The summed E-state index contributed by atoms with van der Waals surface area (Å²) in [6.07, 6.45) is 0.998. The summed E-state index contributed by atoms with van der Waals surface area (Å²) in [6.45, 7) is 5.14. The number of rotatable bonds is 5. The fraction of sp³-hybridized carbons (Fsp3) is 0.600. The monoisotopic (exact) mass is 317 g/mol. The molecule has 20 heavy (non-hydrogen) atoms. The predicted molar refractivity (Wildman–Crippen MR) is 85.6 cm³/mol. The molecule has 1 aliphatic rings. The van der Waals surface area contributed by atoms with Crippen LogP contribution >= 0.6 is 23.5 Å². The molecular weight excluding hydrogens is 296 g/mol. The Morgan fingerprint density at radius 1 is 1.30 bits per heavy atom. The Bertz CT molecular complexity index is 442. The van der Waals surface area contributed by atoms with Crippen LogP contribution in [0.25, 0.3) is 0 Å². The van der Waals surface area contributed by atoms with Crippen molar-refractivity contribution in [3.63, 3.8) is 0 Å². The molecule has 0 radical (unpaired) electrons. The molecule has 5 heteroatoms. The van der Waals surface area contributed by atoms with E-state index in [1.807, 2.05) is 23.5 Å². The van der Waals surface area contributed by atoms with Gasteiger partial charge in [0, 0.05) is 39.7 Å². The lowest BCUT2D eigenvalue weighted by molar-refractivity contribution is 0.477. The van der Waals surface area contributed by atoms with Crippen LogP contribution in [-0.4, -0.2) is 28.6 Å². The van der Waals surface area contributed by atoms with Crippen molar-refractivity contribution < 1.29 is 8.78 Å². The maximum absolute atomic E-state index is 14.1. The minimum Gasteiger partial charge on any atom is -0.309 e. The van der Waals surface area contributed by atoms with Crippen molar-refractivity contribution in [2.45, 2.75) is 36.8 Å². The third-order valence-corrected chi connectivity index (χ3v) is 6.67. The van der Waals surface area contributed by atoms with Crippen LogP contribution in [0.15, 0.2) is 18.2 Å². The van der Waals surface area contributed by atoms with Crippen LogP contribution in [0.2, 0.25) is 0 Å². The standard InChI is InChI=1S/C15H21F2NS2/c1-3-6-18-14(15-10(2)19-7-8-20-15)12-5-4-11(16)9-13(12)17/h4-5,9-10,14-15,18H,3,6-8H2,1-2H3. The summed E-state index contributed by atoms with van der Waals surface area (Å²) in [6, 6.07) is 3.87. The van der Waals surface area contributed by atoms with E-state index in [0.717, 1.165) is 30.5 Å². The van der Waals surface area contributed by atoms with Crippen LogP contribution in [0.5, 0.6) is 0 Å². The van der Waals surface area contributed by atoms with Crippen molar-refractivity contribution in [3.8, 4) is 0 Å². The van der Waals surface area contributed by atoms with Gasteiger partial charge in [-0.2, -0.15) is 23.5 Å². The van der Waals surface area contributed by atoms with Crippen LogP contribution in [-0.2, 0) is 0 Å². The zero-order valence-electron chi connectivity index (χ0n) is 11.9. The molecule has 0 bridgehead atoms. The molecule has 1 aromatic carbocycles. The quantitative estimate of drug-likeness (QED) is 0.872. The molecule has 1 aliphatic heterocycles. The van der Waals surface area contributed by atoms with Crippen molar-refractivity contribution in [2.24, 2.45) is 0 Å². The van der Waals surface area contributed by atoms with Gasteiger partial charge in [0.05, 0.1) is 0 Å². The molecule has 0 spiro atoms.